The van der Waals surface area contributed by atoms with Crippen molar-refractivity contribution >= 4 is 12.0 Å². The molecule has 0 bridgehead atoms. The molecule has 1 aromatic rings. The van der Waals surface area contributed by atoms with Crippen LogP contribution in [0.1, 0.15) is 33.6 Å². The van der Waals surface area contributed by atoms with E-state index < -0.39 is 23.5 Å². The number of rotatable bonds is 7. The van der Waals surface area contributed by atoms with Crippen LogP contribution in [0.5, 0.6) is 0 Å². The average Bonchev–Trinajstić information content (AvgIpc) is 2.87. The molecule has 1 rings (SSSR count). The lowest BCUT2D eigenvalue weighted by atomic mass is 9.87. The molecule has 118 valence electrons. The van der Waals surface area contributed by atoms with Crippen molar-refractivity contribution in [1.82, 2.24) is 20.2 Å². The van der Waals surface area contributed by atoms with Crippen LogP contribution in [0.15, 0.2) is 18.7 Å². The highest BCUT2D eigenvalue weighted by Crippen LogP contribution is 2.19. The van der Waals surface area contributed by atoms with E-state index in [0.717, 1.165) is 19.4 Å². The summed E-state index contributed by atoms with van der Waals surface area (Å²) in [6, 6.07) is -1.36. The number of carbonyl (C=O) groups is 2. The highest BCUT2D eigenvalue weighted by molar-refractivity contribution is 5.83. The van der Waals surface area contributed by atoms with E-state index in [1.165, 1.54) is 0 Å². The van der Waals surface area contributed by atoms with Crippen LogP contribution in [0.4, 0.5) is 4.79 Å². The Bertz CT molecular complexity index is 451. The Labute approximate surface area is 124 Å². The van der Waals surface area contributed by atoms with Gasteiger partial charge in [-0.3, -0.25) is 0 Å². The van der Waals surface area contributed by atoms with Gasteiger partial charge in [-0.05, 0) is 18.3 Å². The molecule has 7 nitrogen and oxygen atoms in total. The molecule has 1 unspecified atom stereocenters. The minimum absolute atomic E-state index is 0.444. The van der Waals surface area contributed by atoms with Gasteiger partial charge in [0.2, 0.25) is 0 Å². The molecule has 7 heteroatoms. The van der Waals surface area contributed by atoms with Gasteiger partial charge in [-0.15, -0.1) is 0 Å². The van der Waals surface area contributed by atoms with Gasteiger partial charge in [0.05, 0.1) is 6.33 Å². The zero-order valence-corrected chi connectivity index (χ0v) is 12.8. The molecule has 0 aliphatic rings. The Morgan fingerprint density at radius 3 is 2.57 bits per heavy atom. The lowest BCUT2D eigenvalue weighted by Gasteiger charge is -2.27. The smallest absolute Gasteiger partial charge is 0.326 e. The van der Waals surface area contributed by atoms with Gasteiger partial charge in [0.25, 0.3) is 0 Å². The lowest BCUT2D eigenvalue weighted by molar-refractivity contribution is -0.141. The predicted molar refractivity (Wildman–Crippen MR) is 78.9 cm³/mol. The van der Waals surface area contributed by atoms with Gasteiger partial charge in [-0.2, -0.15) is 0 Å². The molecule has 0 aliphatic heterocycles. The standard InChI is InChI=1S/C14H24N4O3/c1-14(2,3)11(12(19)20)17-13(21)16-6-4-5-8-18-9-7-15-10-18/h7,9-11H,4-6,8H2,1-3H3,(H,19,20)(H2,16,17,21). The van der Waals surface area contributed by atoms with Gasteiger partial charge in [0.1, 0.15) is 6.04 Å². The molecule has 0 spiro atoms. The monoisotopic (exact) mass is 296 g/mol. The summed E-state index contributed by atoms with van der Waals surface area (Å²) in [5, 5.41) is 14.3. The van der Waals surface area contributed by atoms with Crippen molar-refractivity contribution in [3.63, 3.8) is 0 Å². The van der Waals surface area contributed by atoms with Crippen LogP contribution in [0.25, 0.3) is 0 Å². The Morgan fingerprint density at radius 1 is 1.33 bits per heavy atom. The number of nitrogens with one attached hydrogen (secondary N) is 2. The molecule has 0 aliphatic carbocycles. The predicted octanol–water partition coefficient (Wildman–Crippen LogP) is 1.46. The molecule has 3 N–H and O–H groups in total. The van der Waals surface area contributed by atoms with Gasteiger partial charge in [0.15, 0.2) is 0 Å². The van der Waals surface area contributed by atoms with Crippen LogP contribution >= 0.6 is 0 Å². The summed E-state index contributed by atoms with van der Waals surface area (Å²) < 4.78 is 1.97. The third-order valence-electron chi connectivity index (χ3n) is 3.08. The second-order valence-corrected chi connectivity index (χ2v) is 6.05. The van der Waals surface area contributed by atoms with Gasteiger partial charge < -0.3 is 20.3 Å². The number of urea groups is 1. The maximum Gasteiger partial charge on any atom is 0.326 e. The second kappa shape index (κ2) is 7.66. The third-order valence-corrected chi connectivity index (χ3v) is 3.08. The molecule has 0 saturated heterocycles. The fraction of sp³-hybridized carbons (Fsp3) is 0.643. The summed E-state index contributed by atoms with van der Waals surface area (Å²) in [7, 11) is 0. The molecule has 2 amide bonds. The molecule has 1 atom stereocenters. The highest BCUT2D eigenvalue weighted by Gasteiger charge is 2.32. The number of carbonyl (C=O) groups excluding carboxylic acids is 1. The Morgan fingerprint density at radius 2 is 2.05 bits per heavy atom. The van der Waals surface area contributed by atoms with E-state index in [-0.39, 0.29) is 0 Å². The largest absolute Gasteiger partial charge is 0.480 e. The van der Waals surface area contributed by atoms with E-state index in [9.17, 15) is 9.59 Å². The van der Waals surface area contributed by atoms with Crippen LogP contribution < -0.4 is 10.6 Å². The van der Waals surface area contributed by atoms with Crippen molar-refractivity contribution in [2.24, 2.45) is 5.41 Å². The first-order chi connectivity index (χ1) is 9.80. The van der Waals surface area contributed by atoms with Crippen molar-refractivity contribution < 1.29 is 14.7 Å². The fourth-order valence-corrected chi connectivity index (χ4v) is 1.87. The number of aryl methyl sites for hydroxylation is 1. The van der Waals surface area contributed by atoms with Gasteiger partial charge in [-0.1, -0.05) is 20.8 Å². The van der Waals surface area contributed by atoms with E-state index in [0.29, 0.717) is 6.54 Å². The van der Waals surface area contributed by atoms with E-state index in [1.807, 2.05) is 10.8 Å². The fourth-order valence-electron chi connectivity index (χ4n) is 1.87. The Kier molecular flexibility index (Phi) is 6.20. The summed E-state index contributed by atoms with van der Waals surface area (Å²) in [6.45, 7) is 6.69. The first kappa shape index (κ1) is 17.0. The maximum atomic E-state index is 11.7. The van der Waals surface area contributed by atoms with Gasteiger partial charge >= 0.3 is 12.0 Å². The number of hydrogen-bond donors (Lipinski definition) is 3. The quantitative estimate of drug-likeness (QED) is 0.664. The highest BCUT2D eigenvalue weighted by atomic mass is 16.4. The van der Waals surface area contributed by atoms with Gasteiger partial charge in [0, 0.05) is 25.5 Å². The molecule has 0 radical (unpaired) electrons. The second-order valence-electron chi connectivity index (χ2n) is 6.05. The number of nitrogens with zero attached hydrogens (tertiary/aromatic N) is 2. The van der Waals surface area contributed by atoms with Crippen molar-refractivity contribution in [2.45, 2.75) is 46.2 Å². The number of carboxylic acids is 1. The van der Waals surface area contributed by atoms with E-state index in [1.54, 1.807) is 33.3 Å². The summed E-state index contributed by atoms with van der Waals surface area (Å²) in [4.78, 5) is 26.8. The molecule has 1 aromatic heterocycles. The van der Waals surface area contributed by atoms with Crippen molar-refractivity contribution in [3.8, 4) is 0 Å². The average molecular weight is 296 g/mol. The summed E-state index contributed by atoms with van der Waals surface area (Å²) in [5.41, 5.74) is -0.537. The topological polar surface area (TPSA) is 96.3 Å². The normalized spacial score (nSPS) is 12.7. The number of hydrogen-bond acceptors (Lipinski definition) is 3. The van der Waals surface area contributed by atoms with E-state index in [4.69, 9.17) is 5.11 Å². The number of aliphatic carboxylic acids is 1. The number of imidazole rings is 1. The Hall–Kier alpha value is -2.05. The van der Waals surface area contributed by atoms with E-state index >= 15 is 0 Å². The number of unbranched alkanes of at least 4 members (excludes halogenated alkanes) is 1. The zero-order valence-electron chi connectivity index (χ0n) is 12.8. The summed E-state index contributed by atoms with van der Waals surface area (Å²) >= 11 is 0. The molecule has 0 saturated carbocycles. The molecule has 1 heterocycles. The van der Waals surface area contributed by atoms with Crippen LogP contribution in [-0.4, -0.2) is 39.2 Å². The molecule has 0 fully saturated rings. The first-order valence-corrected chi connectivity index (χ1v) is 7.03. The lowest BCUT2D eigenvalue weighted by Crippen LogP contribution is -2.52. The van der Waals surface area contributed by atoms with Crippen molar-refractivity contribution in [3.05, 3.63) is 18.7 Å². The van der Waals surface area contributed by atoms with Crippen LogP contribution in [0.3, 0.4) is 0 Å². The van der Waals surface area contributed by atoms with Crippen LogP contribution in [0, 0.1) is 5.41 Å². The summed E-state index contributed by atoms with van der Waals surface area (Å²) in [5.74, 6) is -1.03. The van der Waals surface area contributed by atoms with E-state index in [2.05, 4.69) is 15.6 Å². The third kappa shape index (κ3) is 6.29. The molecule has 21 heavy (non-hydrogen) atoms. The minimum atomic E-state index is -1.03. The number of amides is 2. The van der Waals surface area contributed by atoms with Crippen molar-refractivity contribution in [1.29, 1.82) is 0 Å². The maximum absolute atomic E-state index is 11.7. The van der Waals surface area contributed by atoms with Crippen LogP contribution in [0.2, 0.25) is 0 Å². The SMILES string of the molecule is CC(C)(C)C(NC(=O)NCCCCn1ccnc1)C(=O)O. The minimum Gasteiger partial charge on any atom is -0.480 e. The number of aromatic nitrogens is 2. The van der Waals surface area contributed by atoms with Crippen LogP contribution in [-0.2, 0) is 11.3 Å². The zero-order chi connectivity index (χ0) is 15.9. The first-order valence-electron chi connectivity index (χ1n) is 7.03. The van der Waals surface area contributed by atoms with Crippen molar-refractivity contribution in [2.75, 3.05) is 6.54 Å². The molecular weight excluding hydrogens is 272 g/mol. The molecular formula is C14H24N4O3. The Balaban J connectivity index is 2.22. The summed E-state index contributed by atoms with van der Waals surface area (Å²) in [6.07, 6.45) is 7.10. The number of carboxylic acid groups (broad SMARTS) is 1. The van der Waals surface area contributed by atoms with Gasteiger partial charge in [-0.25, -0.2) is 14.6 Å². The molecule has 0 aromatic carbocycles.